The summed E-state index contributed by atoms with van der Waals surface area (Å²) < 4.78 is 14.4. The molecule has 4 aliphatic carbocycles. The molecule has 1 N–H and O–H groups in total. The van der Waals surface area contributed by atoms with Gasteiger partial charge < -0.3 is 5.32 Å². The minimum atomic E-state index is -0.309. The molecule has 0 amide bonds. The van der Waals surface area contributed by atoms with E-state index in [1.165, 1.54) is 38.5 Å². The highest BCUT2D eigenvalue weighted by atomic mass is 19.1. The molecule has 1 aromatic carbocycles. The van der Waals surface area contributed by atoms with Crippen LogP contribution in [0.25, 0.3) is 10.9 Å². The first-order valence-electron chi connectivity index (χ1n) is 10.5. The van der Waals surface area contributed by atoms with Crippen LogP contribution >= 0.6 is 0 Å². The van der Waals surface area contributed by atoms with Crippen molar-refractivity contribution >= 4 is 16.7 Å². The van der Waals surface area contributed by atoms with E-state index in [4.69, 9.17) is 5.10 Å². The van der Waals surface area contributed by atoms with Crippen LogP contribution in [0.1, 0.15) is 51.4 Å². The third kappa shape index (κ3) is 3.05. The first-order chi connectivity index (χ1) is 13.2. The van der Waals surface area contributed by atoms with Crippen molar-refractivity contribution in [3.05, 3.63) is 34.5 Å². The predicted octanol–water partition coefficient (Wildman–Crippen LogP) is 4.53. The van der Waals surface area contributed by atoms with E-state index in [0.29, 0.717) is 24.2 Å². The monoisotopic (exact) mass is 369 g/mol. The van der Waals surface area contributed by atoms with Crippen LogP contribution in [0.3, 0.4) is 0 Å². The highest BCUT2D eigenvalue weighted by molar-refractivity contribution is 5.80. The maximum Gasteiger partial charge on any atom is 0.231 e. The van der Waals surface area contributed by atoms with Crippen LogP contribution in [0.15, 0.2) is 29.1 Å². The highest BCUT2D eigenvalue weighted by Gasteiger charge is 2.51. The molecule has 0 spiro atoms. The van der Waals surface area contributed by atoms with Crippen molar-refractivity contribution in [1.82, 2.24) is 9.78 Å². The molecule has 27 heavy (non-hydrogen) atoms. The average molecular weight is 369 g/mol. The summed E-state index contributed by atoms with van der Waals surface area (Å²) in [6.45, 7) is 0.330. The second-order valence-electron chi connectivity index (χ2n) is 9.14. The van der Waals surface area contributed by atoms with Gasteiger partial charge >= 0.3 is 0 Å². The lowest BCUT2D eigenvalue weighted by molar-refractivity contribution is 0.0104. The Hall–Kier alpha value is -1.91. The lowest BCUT2D eigenvalue weighted by Gasteiger charge is -2.57. The van der Waals surface area contributed by atoms with Crippen molar-refractivity contribution in [1.29, 1.82) is 0 Å². The van der Waals surface area contributed by atoms with Gasteiger partial charge in [-0.1, -0.05) is 12.1 Å². The van der Waals surface area contributed by atoms with Crippen molar-refractivity contribution in [2.75, 3.05) is 12.0 Å². The van der Waals surface area contributed by atoms with E-state index in [2.05, 4.69) is 5.32 Å². The molecular formula is C22H28FN3O. The number of aromatic nitrogens is 2. The summed E-state index contributed by atoms with van der Waals surface area (Å²) in [6.07, 6.45) is 8.91. The third-order valence-electron chi connectivity index (χ3n) is 7.04. The molecular weight excluding hydrogens is 341 g/mol. The Balaban J connectivity index is 1.51. The lowest BCUT2D eigenvalue weighted by Crippen LogP contribution is -2.55. The largest absolute Gasteiger partial charge is 0.360 e. The second kappa shape index (κ2) is 6.61. The molecule has 4 fully saturated rings. The zero-order valence-corrected chi connectivity index (χ0v) is 15.8. The molecule has 0 saturated heterocycles. The zero-order valence-electron chi connectivity index (χ0n) is 15.8. The van der Waals surface area contributed by atoms with Crippen LogP contribution in [-0.4, -0.2) is 22.0 Å². The van der Waals surface area contributed by atoms with E-state index >= 15 is 0 Å². The van der Waals surface area contributed by atoms with Gasteiger partial charge in [0.15, 0.2) is 5.82 Å². The minimum Gasteiger partial charge on any atom is -0.360 e. The predicted molar refractivity (Wildman–Crippen MR) is 106 cm³/mol. The maximum atomic E-state index is 13.1. The van der Waals surface area contributed by atoms with Gasteiger partial charge in [-0.15, -0.1) is 0 Å². The highest BCUT2D eigenvalue weighted by Crippen LogP contribution is 2.56. The number of aryl methyl sites for hydroxylation is 1. The number of nitrogens with zero attached hydrogens (tertiary/aromatic N) is 2. The molecule has 0 unspecified atom stereocenters. The molecule has 0 aliphatic heterocycles. The van der Waals surface area contributed by atoms with Crippen LogP contribution in [-0.2, 0) is 6.54 Å². The van der Waals surface area contributed by atoms with Gasteiger partial charge in [0.25, 0.3) is 0 Å². The summed E-state index contributed by atoms with van der Waals surface area (Å²) in [4.78, 5) is 13.1. The number of alkyl halides is 1. The number of hydrogen-bond acceptors (Lipinski definition) is 3. The zero-order chi connectivity index (χ0) is 18.4. The summed E-state index contributed by atoms with van der Waals surface area (Å²) in [7, 11) is 0. The molecule has 4 nitrogen and oxygen atoms in total. The van der Waals surface area contributed by atoms with Crippen LogP contribution < -0.4 is 10.7 Å². The topological polar surface area (TPSA) is 46.9 Å². The van der Waals surface area contributed by atoms with Gasteiger partial charge in [-0.3, -0.25) is 13.9 Å². The summed E-state index contributed by atoms with van der Waals surface area (Å²) in [5, 5.41) is 9.09. The van der Waals surface area contributed by atoms with Crippen molar-refractivity contribution in [2.24, 2.45) is 17.8 Å². The number of hydrogen-bond donors (Lipinski definition) is 1. The number of anilines is 1. The molecule has 2 aromatic rings. The van der Waals surface area contributed by atoms with Crippen LogP contribution in [0.4, 0.5) is 10.2 Å². The van der Waals surface area contributed by atoms with Gasteiger partial charge in [0, 0.05) is 12.1 Å². The lowest BCUT2D eigenvalue weighted by atomic mass is 9.53. The van der Waals surface area contributed by atoms with Crippen LogP contribution in [0.2, 0.25) is 0 Å². The summed E-state index contributed by atoms with van der Waals surface area (Å²) in [6, 6.07) is 7.66. The number of benzene rings is 1. The van der Waals surface area contributed by atoms with Gasteiger partial charge in [0.2, 0.25) is 5.43 Å². The molecule has 144 valence electrons. The quantitative estimate of drug-likeness (QED) is 0.761. The smallest absolute Gasteiger partial charge is 0.231 e. The normalized spacial score (nSPS) is 31.5. The van der Waals surface area contributed by atoms with Crippen molar-refractivity contribution in [2.45, 2.75) is 63.5 Å². The number of unbranched alkanes of at least 4 members (excludes halogenated alkanes) is 1. The van der Waals surface area contributed by atoms with E-state index in [1.807, 2.05) is 28.9 Å². The molecule has 4 aliphatic rings. The Morgan fingerprint density at radius 2 is 1.74 bits per heavy atom. The third-order valence-corrected chi connectivity index (χ3v) is 7.04. The Morgan fingerprint density at radius 1 is 1.07 bits per heavy atom. The summed E-state index contributed by atoms with van der Waals surface area (Å²) in [5.41, 5.74) is 0.903. The fourth-order valence-electron chi connectivity index (χ4n) is 6.36. The average Bonchev–Trinajstić information content (AvgIpc) is 2.64. The van der Waals surface area contributed by atoms with Crippen molar-refractivity contribution < 1.29 is 4.39 Å². The van der Waals surface area contributed by atoms with Crippen molar-refractivity contribution in [3.63, 3.8) is 0 Å². The molecule has 0 radical (unpaired) electrons. The Labute approximate surface area is 159 Å². The molecule has 1 aromatic heterocycles. The van der Waals surface area contributed by atoms with Gasteiger partial charge in [-0.05, 0) is 81.3 Å². The van der Waals surface area contributed by atoms with Crippen LogP contribution in [0, 0.1) is 17.8 Å². The number of rotatable bonds is 6. The molecule has 4 bridgehead atoms. The SMILES string of the molecule is O=c1c(NC23CC4CC(CC(C4)C2)C3)nn(CCCCF)c2ccccc12. The van der Waals surface area contributed by atoms with Crippen LogP contribution in [0.5, 0.6) is 0 Å². The Bertz CT molecular complexity index is 871. The Kier molecular flexibility index (Phi) is 4.21. The first-order valence-corrected chi connectivity index (χ1v) is 10.5. The number of halogens is 1. The van der Waals surface area contributed by atoms with E-state index in [0.717, 1.165) is 29.7 Å². The Morgan fingerprint density at radius 3 is 2.41 bits per heavy atom. The fraction of sp³-hybridized carbons (Fsp3) is 0.636. The second-order valence-corrected chi connectivity index (χ2v) is 9.14. The molecule has 1 heterocycles. The first kappa shape index (κ1) is 17.2. The van der Waals surface area contributed by atoms with Crippen molar-refractivity contribution in [3.8, 4) is 0 Å². The maximum absolute atomic E-state index is 13.1. The van der Waals surface area contributed by atoms with E-state index < -0.39 is 0 Å². The summed E-state index contributed by atoms with van der Waals surface area (Å²) >= 11 is 0. The van der Waals surface area contributed by atoms with E-state index in [-0.39, 0.29) is 17.6 Å². The standard InChI is InChI=1S/C22H28FN3O/c23-7-3-4-8-26-19-6-2-1-5-18(19)20(27)21(25-26)24-22-12-15-9-16(13-22)11-17(10-15)14-22/h1-2,5-6,15-17H,3-4,7-14H2,(H,24,25). The minimum absolute atomic E-state index is 0.00286. The molecule has 6 rings (SSSR count). The van der Waals surface area contributed by atoms with Gasteiger partial charge in [0.1, 0.15) is 0 Å². The molecule has 4 saturated carbocycles. The molecule has 5 heteroatoms. The van der Waals surface area contributed by atoms with E-state index in [1.54, 1.807) is 0 Å². The fourth-order valence-corrected chi connectivity index (χ4v) is 6.36. The molecule has 0 atom stereocenters. The van der Waals surface area contributed by atoms with Gasteiger partial charge in [0.05, 0.1) is 17.6 Å². The summed E-state index contributed by atoms with van der Waals surface area (Å²) in [5.74, 6) is 2.94. The number of nitrogens with one attached hydrogen (secondary N) is 1. The van der Waals surface area contributed by atoms with Gasteiger partial charge in [-0.25, -0.2) is 0 Å². The number of para-hydroxylation sites is 1. The number of fused-ring (bicyclic) bond motifs is 1. The van der Waals surface area contributed by atoms with Gasteiger partial charge in [-0.2, -0.15) is 5.10 Å². The van der Waals surface area contributed by atoms with E-state index in [9.17, 15) is 9.18 Å².